The van der Waals surface area contributed by atoms with Crippen LogP contribution in [0.1, 0.15) is 23.3 Å². The fourth-order valence-corrected chi connectivity index (χ4v) is 2.50. The van der Waals surface area contributed by atoms with E-state index in [0.717, 1.165) is 5.56 Å². The van der Waals surface area contributed by atoms with Crippen molar-refractivity contribution in [1.29, 1.82) is 0 Å². The van der Waals surface area contributed by atoms with Crippen molar-refractivity contribution in [3.63, 3.8) is 0 Å². The Labute approximate surface area is 124 Å². The van der Waals surface area contributed by atoms with Gasteiger partial charge in [0, 0.05) is 12.7 Å². The van der Waals surface area contributed by atoms with Crippen LogP contribution < -0.4 is 10.1 Å². The van der Waals surface area contributed by atoms with Crippen molar-refractivity contribution in [3.8, 4) is 5.75 Å². The van der Waals surface area contributed by atoms with E-state index >= 15 is 0 Å². The van der Waals surface area contributed by atoms with Crippen molar-refractivity contribution in [2.45, 2.75) is 12.1 Å². The molecule has 112 valence electrons. The molecule has 0 saturated carbocycles. The maximum atomic E-state index is 14.5. The standard InChI is InChI=1S/C17H20FNO2/c1-19-16(13-10-7-11-14(20-2)15(13)18)17(21-3)12-8-5-4-6-9-12/h4-11,16-17,19H,1-3H3. The third kappa shape index (κ3) is 3.23. The lowest BCUT2D eigenvalue weighted by Gasteiger charge is -2.27. The van der Waals surface area contributed by atoms with Gasteiger partial charge in [0.25, 0.3) is 0 Å². The third-order valence-corrected chi connectivity index (χ3v) is 3.54. The molecule has 3 nitrogen and oxygen atoms in total. The Bertz CT molecular complexity index is 574. The molecule has 0 aliphatic heterocycles. The monoisotopic (exact) mass is 289 g/mol. The SMILES string of the molecule is CNC(c1cccc(OC)c1F)C(OC)c1ccccc1. The Morgan fingerprint density at radius 3 is 2.29 bits per heavy atom. The number of nitrogens with one attached hydrogen (secondary N) is 1. The molecule has 0 heterocycles. The number of likely N-dealkylation sites (N-methyl/N-ethyl adjacent to an activating group) is 1. The lowest BCUT2D eigenvalue weighted by atomic mass is 9.95. The number of hydrogen-bond donors (Lipinski definition) is 1. The van der Waals surface area contributed by atoms with Crippen LogP contribution in [0.15, 0.2) is 48.5 Å². The fraction of sp³-hybridized carbons (Fsp3) is 0.294. The first-order valence-corrected chi connectivity index (χ1v) is 6.80. The van der Waals surface area contributed by atoms with Gasteiger partial charge in [0.2, 0.25) is 0 Å². The minimum Gasteiger partial charge on any atom is -0.494 e. The minimum absolute atomic E-state index is 0.232. The highest BCUT2D eigenvalue weighted by Gasteiger charge is 2.26. The van der Waals surface area contributed by atoms with Gasteiger partial charge in [0.15, 0.2) is 11.6 Å². The number of benzene rings is 2. The zero-order valence-corrected chi connectivity index (χ0v) is 12.5. The first-order chi connectivity index (χ1) is 10.2. The van der Waals surface area contributed by atoms with E-state index in [0.29, 0.717) is 5.56 Å². The van der Waals surface area contributed by atoms with Crippen molar-refractivity contribution in [2.24, 2.45) is 0 Å². The molecule has 2 unspecified atom stereocenters. The molecule has 0 aromatic heterocycles. The average molecular weight is 289 g/mol. The highest BCUT2D eigenvalue weighted by atomic mass is 19.1. The van der Waals surface area contributed by atoms with Crippen molar-refractivity contribution < 1.29 is 13.9 Å². The topological polar surface area (TPSA) is 30.5 Å². The van der Waals surface area contributed by atoms with Gasteiger partial charge in [0.1, 0.15) is 6.10 Å². The van der Waals surface area contributed by atoms with Crippen LogP contribution in [0.4, 0.5) is 4.39 Å². The molecule has 2 aromatic carbocycles. The van der Waals surface area contributed by atoms with Crippen LogP contribution in [-0.2, 0) is 4.74 Å². The number of ether oxygens (including phenoxy) is 2. The molecule has 4 heteroatoms. The molecule has 2 atom stereocenters. The van der Waals surface area contributed by atoms with Crippen molar-refractivity contribution in [1.82, 2.24) is 5.32 Å². The summed E-state index contributed by atoms with van der Waals surface area (Å²) < 4.78 is 25.2. The molecule has 0 radical (unpaired) electrons. The molecule has 21 heavy (non-hydrogen) atoms. The van der Waals surface area contributed by atoms with Crippen molar-refractivity contribution in [2.75, 3.05) is 21.3 Å². The molecule has 1 N–H and O–H groups in total. The molecular weight excluding hydrogens is 269 g/mol. The lowest BCUT2D eigenvalue weighted by molar-refractivity contribution is 0.0688. The summed E-state index contributed by atoms with van der Waals surface area (Å²) >= 11 is 0. The molecule has 0 bridgehead atoms. The van der Waals surface area contributed by atoms with Crippen molar-refractivity contribution in [3.05, 3.63) is 65.5 Å². The van der Waals surface area contributed by atoms with Gasteiger partial charge in [-0.2, -0.15) is 0 Å². The van der Waals surface area contributed by atoms with Gasteiger partial charge in [-0.05, 0) is 18.7 Å². The molecule has 0 fully saturated rings. The van der Waals surface area contributed by atoms with Gasteiger partial charge in [-0.15, -0.1) is 0 Å². The van der Waals surface area contributed by atoms with E-state index in [9.17, 15) is 4.39 Å². The molecule has 0 spiro atoms. The smallest absolute Gasteiger partial charge is 0.169 e. The van der Waals surface area contributed by atoms with Gasteiger partial charge in [0.05, 0.1) is 13.2 Å². The zero-order valence-electron chi connectivity index (χ0n) is 12.5. The molecule has 0 amide bonds. The average Bonchev–Trinajstić information content (AvgIpc) is 2.54. The minimum atomic E-state index is -0.364. The predicted molar refractivity (Wildman–Crippen MR) is 80.9 cm³/mol. The molecule has 0 saturated heterocycles. The largest absolute Gasteiger partial charge is 0.494 e. The molecular formula is C17H20FNO2. The van der Waals surface area contributed by atoms with E-state index in [-0.39, 0.29) is 23.7 Å². The summed E-state index contributed by atoms with van der Waals surface area (Å²) in [6, 6.07) is 14.6. The third-order valence-electron chi connectivity index (χ3n) is 3.54. The summed E-state index contributed by atoms with van der Waals surface area (Å²) in [5, 5.41) is 3.14. The van der Waals surface area contributed by atoms with E-state index in [1.54, 1.807) is 32.4 Å². The summed E-state index contributed by atoms with van der Waals surface area (Å²) in [4.78, 5) is 0. The Balaban J connectivity index is 2.43. The van der Waals surface area contributed by atoms with E-state index in [1.807, 2.05) is 30.3 Å². The predicted octanol–water partition coefficient (Wildman–Crippen LogP) is 3.48. The summed E-state index contributed by atoms with van der Waals surface area (Å²) in [6.45, 7) is 0. The highest BCUT2D eigenvalue weighted by molar-refractivity contribution is 5.35. The zero-order chi connectivity index (χ0) is 15.2. The van der Waals surface area contributed by atoms with Crippen LogP contribution in [0.5, 0.6) is 5.75 Å². The van der Waals surface area contributed by atoms with Crippen LogP contribution in [-0.4, -0.2) is 21.3 Å². The summed E-state index contributed by atoms with van der Waals surface area (Å²) in [5.74, 6) is -0.131. The van der Waals surface area contributed by atoms with Crippen LogP contribution in [0.2, 0.25) is 0 Å². The number of methoxy groups -OCH3 is 2. The number of rotatable bonds is 6. The normalized spacial score (nSPS) is 13.7. The molecule has 0 aliphatic carbocycles. The van der Waals surface area contributed by atoms with Crippen LogP contribution >= 0.6 is 0 Å². The van der Waals surface area contributed by atoms with Crippen LogP contribution in [0, 0.1) is 5.82 Å². The second-order valence-electron chi connectivity index (χ2n) is 4.70. The first-order valence-electron chi connectivity index (χ1n) is 6.80. The second-order valence-corrected chi connectivity index (χ2v) is 4.70. The van der Waals surface area contributed by atoms with E-state index < -0.39 is 0 Å². The second kappa shape index (κ2) is 7.20. The highest BCUT2D eigenvalue weighted by Crippen LogP contribution is 2.34. The molecule has 2 rings (SSSR count). The van der Waals surface area contributed by atoms with Gasteiger partial charge in [-0.25, -0.2) is 4.39 Å². The Kier molecular flexibility index (Phi) is 5.31. The number of halogens is 1. The van der Waals surface area contributed by atoms with Gasteiger partial charge >= 0.3 is 0 Å². The maximum Gasteiger partial charge on any atom is 0.169 e. The van der Waals surface area contributed by atoms with E-state index in [2.05, 4.69) is 5.32 Å². The number of hydrogen-bond acceptors (Lipinski definition) is 3. The van der Waals surface area contributed by atoms with Gasteiger partial charge in [-0.3, -0.25) is 0 Å². The molecule has 2 aromatic rings. The summed E-state index contributed by atoms with van der Waals surface area (Å²) in [5.41, 5.74) is 1.51. The van der Waals surface area contributed by atoms with E-state index in [4.69, 9.17) is 9.47 Å². The summed E-state index contributed by atoms with van der Waals surface area (Å²) in [6.07, 6.45) is -0.294. The van der Waals surface area contributed by atoms with Crippen LogP contribution in [0.3, 0.4) is 0 Å². The van der Waals surface area contributed by atoms with Gasteiger partial charge < -0.3 is 14.8 Å². The molecule has 0 aliphatic rings. The van der Waals surface area contributed by atoms with Crippen molar-refractivity contribution >= 4 is 0 Å². The Morgan fingerprint density at radius 1 is 1.00 bits per heavy atom. The summed E-state index contributed by atoms with van der Waals surface area (Å²) in [7, 11) is 4.88. The quantitative estimate of drug-likeness (QED) is 0.883. The Morgan fingerprint density at radius 2 is 1.71 bits per heavy atom. The lowest BCUT2D eigenvalue weighted by Crippen LogP contribution is -2.26. The van der Waals surface area contributed by atoms with Gasteiger partial charge in [-0.1, -0.05) is 42.5 Å². The first kappa shape index (κ1) is 15.5. The maximum absolute atomic E-state index is 14.5. The Hall–Kier alpha value is -1.91. The fourth-order valence-electron chi connectivity index (χ4n) is 2.50. The van der Waals surface area contributed by atoms with Crippen LogP contribution in [0.25, 0.3) is 0 Å². The van der Waals surface area contributed by atoms with E-state index in [1.165, 1.54) is 7.11 Å².